The summed E-state index contributed by atoms with van der Waals surface area (Å²) in [6.45, 7) is 3.26. The number of para-hydroxylation sites is 1. The molecule has 0 aliphatic carbocycles. The van der Waals surface area contributed by atoms with Gasteiger partial charge in [0.05, 0.1) is 0 Å². The molecular formula is C21H25NO4. The molecule has 0 aromatic heterocycles. The van der Waals surface area contributed by atoms with Crippen molar-refractivity contribution in [2.45, 2.75) is 38.8 Å². The molecule has 0 heterocycles. The maximum Gasteiger partial charge on any atom is 0.344 e. The fourth-order valence-corrected chi connectivity index (χ4v) is 2.40. The lowest BCUT2D eigenvalue weighted by atomic mass is 10.1. The topological polar surface area (TPSA) is 64.6 Å². The van der Waals surface area contributed by atoms with Gasteiger partial charge in [0.25, 0.3) is 5.91 Å². The smallest absolute Gasteiger partial charge is 0.344 e. The summed E-state index contributed by atoms with van der Waals surface area (Å²) in [6.07, 6.45) is 0.829. The number of amides is 1. The van der Waals surface area contributed by atoms with Crippen LogP contribution in [0, 0.1) is 0 Å². The van der Waals surface area contributed by atoms with Gasteiger partial charge in [0.2, 0.25) is 0 Å². The van der Waals surface area contributed by atoms with Gasteiger partial charge in [-0.2, -0.15) is 0 Å². The molecule has 1 N–H and O–H groups in total. The highest BCUT2D eigenvalue weighted by atomic mass is 16.6. The van der Waals surface area contributed by atoms with Gasteiger partial charge in [-0.05, 0) is 44.4 Å². The van der Waals surface area contributed by atoms with Crippen LogP contribution in [-0.2, 0) is 20.7 Å². The van der Waals surface area contributed by atoms with Crippen molar-refractivity contribution >= 4 is 11.9 Å². The Morgan fingerprint density at radius 1 is 0.962 bits per heavy atom. The van der Waals surface area contributed by atoms with Crippen LogP contribution in [0.5, 0.6) is 5.75 Å². The number of aryl methyl sites for hydroxylation is 1. The van der Waals surface area contributed by atoms with E-state index in [1.54, 1.807) is 19.1 Å². The summed E-state index contributed by atoms with van der Waals surface area (Å²) in [5.74, 6) is -0.303. The quantitative estimate of drug-likeness (QED) is 0.702. The Morgan fingerprint density at radius 3 is 2.23 bits per heavy atom. The van der Waals surface area contributed by atoms with Gasteiger partial charge in [-0.25, -0.2) is 4.79 Å². The molecule has 26 heavy (non-hydrogen) atoms. The van der Waals surface area contributed by atoms with Gasteiger partial charge < -0.3 is 14.8 Å². The zero-order valence-electron chi connectivity index (χ0n) is 15.2. The Kier molecular flexibility index (Phi) is 7.68. The fourth-order valence-electron chi connectivity index (χ4n) is 2.40. The molecule has 0 saturated carbocycles. The lowest BCUT2D eigenvalue weighted by Gasteiger charge is -2.18. The minimum atomic E-state index is -0.860. The van der Waals surface area contributed by atoms with E-state index >= 15 is 0 Å². The molecule has 0 spiro atoms. The van der Waals surface area contributed by atoms with E-state index in [2.05, 4.69) is 17.4 Å². The lowest BCUT2D eigenvalue weighted by molar-refractivity contribution is -0.156. The van der Waals surface area contributed by atoms with Crippen LogP contribution in [-0.4, -0.2) is 30.6 Å². The van der Waals surface area contributed by atoms with Gasteiger partial charge in [-0.15, -0.1) is 0 Å². The first kappa shape index (κ1) is 19.5. The molecule has 0 unspecified atom stereocenters. The molecule has 2 aromatic rings. The average Bonchev–Trinajstić information content (AvgIpc) is 2.66. The average molecular weight is 355 g/mol. The maximum absolute atomic E-state index is 12.1. The third-order valence-electron chi connectivity index (χ3n) is 3.87. The molecule has 1 amide bonds. The molecule has 2 atom stereocenters. The van der Waals surface area contributed by atoms with E-state index < -0.39 is 12.1 Å². The van der Waals surface area contributed by atoms with Gasteiger partial charge in [0.1, 0.15) is 5.75 Å². The van der Waals surface area contributed by atoms with Gasteiger partial charge >= 0.3 is 5.97 Å². The molecule has 0 bridgehead atoms. The molecule has 2 aromatic carbocycles. The molecule has 5 heteroatoms. The summed E-state index contributed by atoms with van der Waals surface area (Å²) >= 11 is 0. The van der Waals surface area contributed by atoms with Gasteiger partial charge in [0.15, 0.2) is 12.7 Å². The standard InChI is InChI=1S/C21H25NO4/c1-16(13-14-18-9-5-3-6-10-18)22-21(24)17(2)26-20(23)15-25-19-11-7-4-8-12-19/h3-12,16-17H,13-15H2,1-2H3,(H,22,24)/t16-,17-/m1/s1. The van der Waals surface area contributed by atoms with E-state index in [0.717, 1.165) is 12.8 Å². The van der Waals surface area contributed by atoms with E-state index in [4.69, 9.17) is 9.47 Å². The van der Waals surface area contributed by atoms with Crippen LogP contribution in [0.4, 0.5) is 0 Å². The number of ether oxygens (including phenoxy) is 2. The highest BCUT2D eigenvalue weighted by Crippen LogP contribution is 2.08. The largest absolute Gasteiger partial charge is 0.482 e. The molecule has 0 radical (unpaired) electrons. The van der Waals surface area contributed by atoms with E-state index in [9.17, 15) is 9.59 Å². The Bertz CT molecular complexity index is 688. The van der Waals surface area contributed by atoms with E-state index in [1.807, 2.05) is 43.3 Å². The van der Waals surface area contributed by atoms with E-state index in [-0.39, 0.29) is 18.6 Å². The molecule has 0 saturated heterocycles. The second kappa shape index (κ2) is 10.2. The summed E-state index contributed by atoms with van der Waals surface area (Å²) in [7, 11) is 0. The van der Waals surface area contributed by atoms with Crippen molar-refractivity contribution in [3.05, 3.63) is 66.2 Å². The first-order valence-corrected chi connectivity index (χ1v) is 8.76. The zero-order valence-corrected chi connectivity index (χ0v) is 15.2. The minimum Gasteiger partial charge on any atom is -0.482 e. The molecule has 138 valence electrons. The molecule has 2 rings (SSSR count). The van der Waals surface area contributed by atoms with E-state index in [1.165, 1.54) is 5.56 Å². The maximum atomic E-state index is 12.1. The van der Waals surface area contributed by atoms with Crippen molar-refractivity contribution in [2.24, 2.45) is 0 Å². The Balaban J connectivity index is 1.68. The minimum absolute atomic E-state index is 0.00979. The van der Waals surface area contributed by atoms with Crippen molar-refractivity contribution in [2.75, 3.05) is 6.61 Å². The van der Waals surface area contributed by atoms with Crippen LogP contribution < -0.4 is 10.1 Å². The SMILES string of the molecule is C[C@H](CCc1ccccc1)NC(=O)[C@@H](C)OC(=O)COc1ccccc1. The number of hydrogen-bond acceptors (Lipinski definition) is 4. The highest BCUT2D eigenvalue weighted by molar-refractivity contribution is 5.83. The lowest BCUT2D eigenvalue weighted by Crippen LogP contribution is -2.41. The van der Waals surface area contributed by atoms with Crippen molar-refractivity contribution in [1.82, 2.24) is 5.32 Å². The van der Waals surface area contributed by atoms with Crippen molar-refractivity contribution in [3.63, 3.8) is 0 Å². The first-order chi connectivity index (χ1) is 12.5. The van der Waals surface area contributed by atoms with Gasteiger partial charge in [-0.3, -0.25) is 4.79 Å². The second-order valence-corrected chi connectivity index (χ2v) is 6.17. The second-order valence-electron chi connectivity index (χ2n) is 6.17. The number of rotatable bonds is 9. The van der Waals surface area contributed by atoms with Gasteiger partial charge in [0, 0.05) is 6.04 Å². The van der Waals surface area contributed by atoms with Gasteiger partial charge in [-0.1, -0.05) is 48.5 Å². The first-order valence-electron chi connectivity index (χ1n) is 8.76. The molecule has 0 aliphatic rings. The van der Waals surface area contributed by atoms with Crippen molar-refractivity contribution in [3.8, 4) is 5.75 Å². The van der Waals surface area contributed by atoms with Crippen LogP contribution in [0.3, 0.4) is 0 Å². The summed E-state index contributed by atoms with van der Waals surface area (Å²) in [6, 6.07) is 19.1. The zero-order chi connectivity index (χ0) is 18.8. The van der Waals surface area contributed by atoms with Crippen LogP contribution in [0.1, 0.15) is 25.8 Å². The summed E-state index contributed by atoms with van der Waals surface area (Å²) in [5.41, 5.74) is 1.23. The van der Waals surface area contributed by atoms with E-state index in [0.29, 0.717) is 5.75 Å². The third-order valence-corrected chi connectivity index (χ3v) is 3.87. The Morgan fingerprint density at radius 2 is 1.58 bits per heavy atom. The van der Waals surface area contributed by atoms with Crippen molar-refractivity contribution < 1.29 is 19.1 Å². The number of benzene rings is 2. The van der Waals surface area contributed by atoms with Crippen LogP contribution >= 0.6 is 0 Å². The Hall–Kier alpha value is -2.82. The number of nitrogens with one attached hydrogen (secondary N) is 1. The summed E-state index contributed by atoms with van der Waals surface area (Å²) < 4.78 is 10.4. The predicted molar refractivity (Wildman–Crippen MR) is 99.9 cm³/mol. The number of hydrogen-bond donors (Lipinski definition) is 1. The van der Waals surface area contributed by atoms with Crippen LogP contribution in [0.2, 0.25) is 0 Å². The molecule has 0 aliphatic heterocycles. The number of carbonyl (C=O) groups excluding carboxylic acids is 2. The molecule has 0 fully saturated rings. The summed E-state index contributed by atoms with van der Waals surface area (Å²) in [5, 5.41) is 2.87. The normalized spacial score (nSPS) is 12.7. The highest BCUT2D eigenvalue weighted by Gasteiger charge is 2.19. The predicted octanol–water partition coefficient (Wildman–Crippen LogP) is 3.13. The number of carbonyl (C=O) groups is 2. The Labute approximate surface area is 154 Å². The molecule has 5 nitrogen and oxygen atoms in total. The fraction of sp³-hybridized carbons (Fsp3) is 0.333. The number of esters is 1. The van der Waals surface area contributed by atoms with Crippen LogP contribution in [0.15, 0.2) is 60.7 Å². The summed E-state index contributed by atoms with van der Waals surface area (Å²) in [4.78, 5) is 23.9. The third kappa shape index (κ3) is 6.97. The van der Waals surface area contributed by atoms with Crippen molar-refractivity contribution in [1.29, 1.82) is 0 Å². The monoisotopic (exact) mass is 355 g/mol. The molecular weight excluding hydrogens is 330 g/mol. The van der Waals surface area contributed by atoms with Crippen LogP contribution in [0.25, 0.3) is 0 Å².